The summed E-state index contributed by atoms with van der Waals surface area (Å²) in [7, 11) is 1.80. The van der Waals surface area contributed by atoms with Gasteiger partial charge in [0.15, 0.2) is 23.4 Å². The highest BCUT2D eigenvalue weighted by atomic mass is 16.1. The van der Waals surface area contributed by atoms with Gasteiger partial charge in [0.25, 0.3) is 5.91 Å². The number of amides is 1. The predicted molar refractivity (Wildman–Crippen MR) is 121 cm³/mol. The van der Waals surface area contributed by atoms with Gasteiger partial charge in [-0.2, -0.15) is 0 Å². The van der Waals surface area contributed by atoms with Crippen molar-refractivity contribution in [3.8, 4) is 11.3 Å². The van der Waals surface area contributed by atoms with Crippen molar-refractivity contribution in [1.82, 2.24) is 19.6 Å². The van der Waals surface area contributed by atoms with Crippen molar-refractivity contribution in [2.75, 3.05) is 17.7 Å². The molecule has 0 radical (unpaired) electrons. The first-order chi connectivity index (χ1) is 15.6. The molecule has 3 aromatic heterocycles. The summed E-state index contributed by atoms with van der Waals surface area (Å²) in [5, 5.41) is 11.0. The molecule has 1 aliphatic rings. The van der Waals surface area contributed by atoms with E-state index in [0.29, 0.717) is 28.4 Å². The number of imidazole rings is 1. The minimum absolute atomic E-state index is 0.259. The SMILES string of the molecule is CNc1cc(Nc2cccc(-c3ccc(C=O)cn3)c2)nn2c(C(N)=O)c(C3CC3)nc12. The van der Waals surface area contributed by atoms with Crippen molar-refractivity contribution >= 4 is 35.0 Å². The topological polar surface area (TPSA) is 127 Å². The summed E-state index contributed by atoms with van der Waals surface area (Å²) >= 11 is 0. The lowest BCUT2D eigenvalue weighted by atomic mass is 10.1. The van der Waals surface area contributed by atoms with Crippen LogP contribution in [-0.4, -0.2) is 38.8 Å². The van der Waals surface area contributed by atoms with Crippen LogP contribution in [-0.2, 0) is 0 Å². The van der Waals surface area contributed by atoms with E-state index in [-0.39, 0.29) is 5.92 Å². The molecule has 160 valence electrons. The lowest BCUT2D eigenvalue weighted by Crippen LogP contribution is -2.17. The van der Waals surface area contributed by atoms with Gasteiger partial charge in [0.1, 0.15) is 0 Å². The minimum atomic E-state index is -0.544. The molecule has 9 nitrogen and oxygen atoms in total. The Hall–Kier alpha value is -4.27. The van der Waals surface area contributed by atoms with Gasteiger partial charge in [0, 0.05) is 42.0 Å². The number of fused-ring (bicyclic) bond motifs is 1. The molecule has 5 rings (SSSR count). The fourth-order valence-electron chi connectivity index (χ4n) is 3.71. The van der Waals surface area contributed by atoms with Gasteiger partial charge in [-0.1, -0.05) is 12.1 Å². The molecular weight excluding hydrogens is 406 g/mol. The van der Waals surface area contributed by atoms with Gasteiger partial charge in [-0.3, -0.25) is 14.6 Å². The van der Waals surface area contributed by atoms with Crippen LogP contribution in [0.2, 0.25) is 0 Å². The summed E-state index contributed by atoms with van der Waals surface area (Å²) in [5.41, 5.74) is 11.0. The zero-order valence-corrected chi connectivity index (χ0v) is 17.4. The van der Waals surface area contributed by atoms with E-state index >= 15 is 0 Å². The van der Waals surface area contributed by atoms with Gasteiger partial charge in [-0.25, -0.2) is 9.50 Å². The molecule has 0 aliphatic heterocycles. The number of nitrogens with two attached hydrogens (primary N) is 1. The van der Waals surface area contributed by atoms with Crippen molar-refractivity contribution in [1.29, 1.82) is 0 Å². The number of aromatic nitrogens is 4. The number of carbonyl (C=O) groups is 2. The molecule has 1 aliphatic carbocycles. The molecule has 1 amide bonds. The highest BCUT2D eigenvalue weighted by molar-refractivity contribution is 5.94. The van der Waals surface area contributed by atoms with E-state index in [1.54, 1.807) is 25.4 Å². The number of aldehydes is 1. The molecule has 1 aromatic carbocycles. The number of rotatable bonds is 7. The first-order valence-corrected chi connectivity index (χ1v) is 10.3. The van der Waals surface area contributed by atoms with Crippen molar-refractivity contribution in [2.45, 2.75) is 18.8 Å². The second-order valence-electron chi connectivity index (χ2n) is 7.71. The molecule has 0 saturated heterocycles. The zero-order chi connectivity index (χ0) is 22.2. The smallest absolute Gasteiger partial charge is 0.269 e. The van der Waals surface area contributed by atoms with Crippen LogP contribution in [0.15, 0.2) is 48.7 Å². The normalized spacial score (nSPS) is 13.2. The maximum absolute atomic E-state index is 12.2. The summed E-state index contributed by atoms with van der Waals surface area (Å²) in [6, 6.07) is 13.1. The third kappa shape index (κ3) is 3.53. The van der Waals surface area contributed by atoms with Crippen LogP contribution in [0.3, 0.4) is 0 Å². The lowest BCUT2D eigenvalue weighted by Gasteiger charge is -2.11. The minimum Gasteiger partial charge on any atom is -0.385 e. The Morgan fingerprint density at radius 2 is 2.06 bits per heavy atom. The van der Waals surface area contributed by atoms with E-state index in [9.17, 15) is 9.59 Å². The molecule has 0 unspecified atom stereocenters. The van der Waals surface area contributed by atoms with E-state index in [2.05, 4.69) is 25.7 Å². The van der Waals surface area contributed by atoms with Crippen LogP contribution in [0.5, 0.6) is 0 Å². The van der Waals surface area contributed by atoms with Crippen molar-refractivity contribution < 1.29 is 9.59 Å². The van der Waals surface area contributed by atoms with Crippen LogP contribution in [0.4, 0.5) is 17.2 Å². The summed E-state index contributed by atoms with van der Waals surface area (Å²) in [6.07, 6.45) is 4.30. The Balaban J connectivity index is 1.53. The van der Waals surface area contributed by atoms with E-state index in [1.807, 2.05) is 30.3 Å². The fraction of sp³-hybridized carbons (Fsp3) is 0.174. The third-order valence-electron chi connectivity index (χ3n) is 5.43. The molecule has 4 aromatic rings. The zero-order valence-electron chi connectivity index (χ0n) is 17.4. The van der Waals surface area contributed by atoms with Gasteiger partial charge < -0.3 is 16.4 Å². The van der Waals surface area contributed by atoms with Crippen LogP contribution >= 0.6 is 0 Å². The summed E-state index contributed by atoms with van der Waals surface area (Å²) < 4.78 is 1.52. The molecular formula is C23H21N7O2. The molecule has 32 heavy (non-hydrogen) atoms. The van der Waals surface area contributed by atoms with Crippen molar-refractivity contribution in [3.05, 3.63) is 65.6 Å². The Kier molecular flexibility index (Phi) is 4.78. The predicted octanol–water partition coefficient (Wildman–Crippen LogP) is 3.37. The number of anilines is 3. The van der Waals surface area contributed by atoms with E-state index in [4.69, 9.17) is 5.73 Å². The lowest BCUT2D eigenvalue weighted by molar-refractivity contribution is 0.0992. The second kappa shape index (κ2) is 7.77. The molecule has 1 saturated carbocycles. The average Bonchev–Trinajstić information content (AvgIpc) is 3.58. The van der Waals surface area contributed by atoms with Gasteiger partial charge in [0.2, 0.25) is 0 Å². The van der Waals surface area contributed by atoms with Crippen LogP contribution in [0.25, 0.3) is 16.9 Å². The average molecular weight is 427 g/mol. The Labute approximate surface area is 183 Å². The number of nitrogens with one attached hydrogen (secondary N) is 2. The number of pyridine rings is 1. The van der Waals surface area contributed by atoms with Gasteiger partial charge in [-0.15, -0.1) is 5.10 Å². The van der Waals surface area contributed by atoms with E-state index < -0.39 is 5.91 Å². The first-order valence-electron chi connectivity index (χ1n) is 10.3. The van der Waals surface area contributed by atoms with E-state index in [0.717, 1.165) is 41.8 Å². The molecule has 0 bridgehead atoms. The third-order valence-corrected chi connectivity index (χ3v) is 5.43. The molecule has 4 N–H and O–H groups in total. The highest BCUT2D eigenvalue weighted by Crippen LogP contribution is 2.42. The summed E-state index contributed by atoms with van der Waals surface area (Å²) in [5.74, 6) is 0.249. The molecule has 0 atom stereocenters. The largest absolute Gasteiger partial charge is 0.385 e. The van der Waals surface area contributed by atoms with Crippen molar-refractivity contribution in [2.24, 2.45) is 5.73 Å². The number of carbonyl (C=O) groups excluding carboxylic acids is 2. The van der Waals surface area contributed by atoms with Crippen LogP contribution < -0.4 is 16.4 Å². The number of primary amides is 1. The number of nitrogens with zero attached hydrogens (tertiary/aromatic N) is 4. The standard InChI is InChI=1S/C23H21N7O2/c1-25-18-10-19(29-30-21(22(24)32)20(14-6-7-14)28-23(18)30)27-16-4-2-3-15(9-16)17-8-5-13(12-31)11-26-17/h2-5,8-12,14,25H,6-7H2,1H3,(H2,24,32)(H,27,29). The number of benzene rings is 1. The Morgan fingerprint density at radius 3 is 2.72 bits per heavy atom. The Bertz CT molecular complexity index is 1340. The monoisotopic (exact) mass is 427 g/mol. The van der Waals surface area contributed by atoms with Gasteiger partial charge in [-0.05, 0) is 37.1 Å². The Morgan fingerprint density at radius 1 is 1.22 bits per heavy atom. The van der Waals surface area contributed by atoms with Gasteiger partial charge >= 0.3 is 0 Å². The second-order valence-corrected chi connectivity index (χ2v) is 7.71. The fourth-order valence-corrected chi connectivity index (χ4v) is 3.71. The summed E-state index contributed by atoms with van der Waals surface area (Å²) in [6.45, 7) is 0. The maximum atomic E-state index is 12.2. The molecule has 3 heterocycles. The number of hydrogen-bond acceptors (Lipinski definition) is 7. The van der Waals surface area contributed by atoms with Gasteiger partial charge in [0.05, 0.1) is 17.1 Å². The highest BCUT2D eigenvalue weighted by Gasteiger charge is 2.33. The summed E-state index contributed by atoms with van der Waals surface area (Å²) in [4.78, 5) is 32.1. The van der Waals surface area contributed by atoms with E-state index in [1.165, 1.54) is 4.52 Å². The molecule has 1 fully saturated rings. The first kappa shape index (κ1) is 19.7. The van der Waals surface area contributed by atoms with Crippen molar-refractivity contribution in [3.63, 3.8) is 0 Å². The van der Waals surface area contributed by atoms with Crippen LogP contribution in [0.1, 0.15) is 45.3 Å². The quantitative estimate of drug-likeness (QED) is 0.386. The molecule has 0 spiro atoms. The number of hydrogen-bond donors (Lipinski definition) is 3. The maximum Gasteiger partial charge on any atom is 0.269 e. The molecule has 9 heteroatoms. The van der Waals surface area contributed by atoms with Crippen LogP contribution in [0, 0.1) is 0 Å².